The molecule has 184 valence electrons. The van der Waals surface area contributed by atoms with E-state index in [-0.39, 0.29) is 0 Å². The van der Waals surface area contributed by atoms with Crippen LogP contribution in [-0.4, -0.2) is 85.1 Å². The minimum Gasteiger partial charge on any atom is -0.384 e. The monoisotopic (exact) mass is 473 g/mol. The molecule has 2 heterocycles. The molecule has 5 nitrogen and oxygen atoms in total. The van der Waals surface area contributed by atoms with Crippen LogP contribution in [0.15, 0.2) is 30.5 Å². The van der Waals surface area contributed by atoms with Crippen molar-refractivity contribution in [1.29, 1.82) is 0 Å². The maximum absolute atomic E-state index is 6.10. The molecule has 2 aromatic rings. The maximum Gasteiger partial charge on any atom is 0.0737 e. The minimum atomic E-state index is 0.731. The van der Waals surface area contributed by atoms with Crippen LogP contribution in [0.4, 0.5) is 5.69 Å². The standard InChI is InChI=1S/C27H44ClN5/c1-22(2)20-33(21-23(3)4)14-6-13-32-17-15-31(16-18-32)12-5-10-29-26-9-11-30-27-19-24(28)7-8-25(26)27/h7-9,11,19,22-23H,5-6,10,12-18,20-21H2,1-4H3,(H,29,30). The first-order chi connectivity index (χ1) is 15.9. The van der Waals surface area contributed by atoms with Gasteiger partial charge in [-0.15, -0.1) is 0 Å². The molecule has 1 aliphatic heterocycles. The van der Waals surface area contributed by atoms with Gasteiger partial charge in [0.25, 0.3) is 0 Å². The van der Waals surface area contributed by atoms with Gasteiger partial charge in [0.1, 0.15) is 0 Å². The Kier molecular flexibility index (Phi) is 10.7. The van der Waals surface area contributed by atoms with Gasteiger partial charge in [-0.1, -0.05) is 39.3 Å². The lowest BCUT2D eigenvalue weighted by Gasteiger charge is -2.35. The van der Waals surface area contributed by atoms with Crippen LogP contribution in [-0.2, 0) is 0 Å². The van der Waals surface area contributed by atoms with E-state index in [4.69, 9.17) is 11.6 Å². The normalized spacial score (nSPS) is 15.9. The quantitative estimate of drug-likeness (QED) is 0.398. The first-order valence-corrected chi connectivity index (χ1v) is 13.2. The number of hydrogen-bond donors (Lipinski definition) is 1. The summed E-state index contributed by atoms with van der Waals surface area (Å²) in [6, 6.07) is 7.96. The predicted octanol–water partition coefficient (Wildman–Crippen LogP) is 5.31. The summed E-state index contributed by atoms with van der Waals surface area (Å²) in [6.45, 7) is 21.2. The van der Waals surface area contributed by atoms with Gasteiger partial charge in [-0.2, -0.15) is 0 Å². The number of nitrogens with one attached hydrogen (secondary N) is 1. The molecule has 1 saturated heterocycles. The Morgan fingerprint density at radius 2 is 1.58 bits per heavy atom. The molecule has 1 fully saturated rings. The third kappa shape index (κ3) is 9.05. The second kappa shape index (κ2) is 13.5. The van der Waals surface area contributed by atoms with Crippen molar-refractivity contribution in [3.8, 4) is 0 Å². The second-order valence-corrected chi connectivity index (χ2v) is 10.8. The smallest absolute Gasteiger partial charge is 0.0737 e. The van der Waals surface area contributed by atoms with Crippen LogP contribution in [0.1, 0.15) is 40.5 Å². The fraction of sp³-hybridized carbons (Fsp3) is 0.667. The topological polar surface area (TPSA) is 34.6 Å². The Bertz CT molecular complexity index is 822. The molecule has 1 aromatic heterocycles. The van der Waals surface area contributed by atoms with Crippen molar-refractivity contribution < 1.29 is 0 Å². The number of pyridine rings is 1. The highest BCUT2D eigenvalue weighted by Crippen LogP contribution is 2.24. The van der Waals surface area contributed by atoms with Crippen molar-refractivity contribution in [2.45, 2.75) is 40.5 Å². The predicted molar refractivity (Wildman–Crippen MR) is 143 cm³/mol. The van der Waals surface area contributed by atoms with Crippen molar-refractivity contribution in [2.75, 3.05) is 70.8 Å². The Labute approximate surface area is 206 Å². The van der Waals surface area contributed by atoms with E-state index in [9.17, 15) is 0 Å². The number of aromatic nitrogens is 1. The highest BCUT2D eigenvalue weighted by Gasteiger charge is 2.17. The molecule has 1 aliphatic rings. The molecular weight excluding hydrogens is 430 g/mol. The molecule has 0 spiro atoms. The van der Waals surface area contributed by atoms with Gasteiger partial charge in [-0.25, -0.2) is 0 Å². The van der Waals surface area contributed by atoms with Crippen LogP contribution in [0.25, 0.3) is 10.9 Å². The summed E-state index contributed by atoms with van der Waals surface area (Å²) < 4.78 is 0. The molecule has 33 heavy (non-hydrogen) atoms. The number of hydrogen-bond acceptors (Lipinski definition) is 5. The molecule has 0 saturated carbocycles. The highest BCUT2D eigenvalue weighted by molar-refractivity contribution is 6.31. The number of anilines is 1. The molecule has 0 unspecified atom stereocenters. The van der Waals surface area contributed by atoms with E-state index in [1.54, 1.807) is 0 Å². The van der Waals surface area contributed by atoms with Crippen molar-refractivity contribution in [3.63, 3.8) is 0 Å². The summed E-state index contributed by atoms with van der Waals surface area (Å²) in [5.74, 6) is 1.50. The fourth-order valence-corrected chi connectivity index (χ4v) is 5.01. The number of piperazine rings is 1. The van der Waals surface area contributed by atoms with E-state index >= 15 is 0 Å². The van der Waals surface area contributed by atoms with Crippen LogP contribution < -0.4 is 5.32 Å². The van der Waals surface area contributed by atoms with Gasteiger partial charge in [0.2, 0.25) is 0 Å². The molecule has 0 atom stereocenters. The lowest BCUT2D eigenvalue weighted by atomic mass is 10.1. The molecule has 0 aliphatic carbocycles. The molecule has 6 heteroatoms. The van der Waals surface area contributed by atoms with E-state index in [2.05, 4.69) is 64.8 Å². The van der Waals surface area contributed by atoms with E-state index in [0.717, 1.165) is 53.0 Å². The van der Waals surface area contributed by atoms with E-state index in [0.29, 0.717) is 0 Å². The van der Waals surface area contributed by atoms with Gasteiger partial charge in [0, 0.05) is 68.1 Å². The Morgan fingerprint density at radius 3 is 2.21 bits per heavy atom. The molecule has 0 radical (unpaired) electrons. The average Bonchev–Trinajstić information content (AvgIpc) is 2.76. The van der Waals surface area contributed by atoms with E-state index in [1.807, 2.05) is 18.3 Å². The lowest BCUT2D eigenvalue weighted by molar-refractivity contribution is 0.124. The molecule has 1 aromatic carbocycles. The van der Waals surface area contributed by atoms with Gasteiger partial charge in [0.15, 0.2) is 0 Å². The SMILES string of the molecule is CC(C)CN(CCCN1CCN(CCCNc2ccnc3cc(Cl)ccc23)CC1)CC(C)C. The first-order valence-electron chi connectivity index (χ1n) is 12.9. The summed E-state index contributed by atoms with van der Waals surface area (Å²) >= 11 is 6.10. The molecule has 0 bridgehead atoms. The van der Waals surface area contributed by atoms with Gasteiger partial charge >= 0.3 is 0 Å². The van der Waals surface area contributed by atoms with Crippen molar-refractivity contribution in [1.82, 2.24) is 19.7 Å². The van der Waals surface area contributed by atoms with Crippen LogP contribution in [0.5, 0.6) is 0 Å². The molecular formula is C27H44ClN5. The summed E-state index contributed by atoms with van der Waals surface area (Å²) in [4.78, 5) is 12.4. The zero-order valence-corrected chi connectivity index (χ0v) is 21.9. The summed E-state index contributed by atoms with van der Waals surface area (Å²) in [6.07, 6.45) is 4.29. The largest absolute Gasteiger partial charge is 0.384 e. The van der Waals surface area contributed by atoms with Crippen LogP contribution >= 0.6 is 11.6 Å². The zero-order valence-electron chi connectivity index (χ0n) is 21.2. The molecule has 3 rings (SSSR count). The number of nitrogens with zero attached hydrogens (tertiary/aromatic N) is 4. The zero-order chi connectivity index (χ0) is 23.6. The van der Waals surface area contributed by atoms with Crippen molar-refractivity contribution in [3.05, 3.63) is 35.5 Å². The van der Waals surface area contributed by atoms with Gasteiger partial charge in [-0.3, -0.25) is 4.98 Å². The number of halogens is 1. The lowest BCUT2D eigenvalue weighted by Crippen LogP contribution is -2.47. The van der Waals surface area contributed by atoms with Gasteiger partial charge in [-0.05, 0) is 68.6 Å². The number of fused-ring (bicyclic) bond motifs is 1. The van der Waals surface area contributed by atoms with Crippen LogP contribution in [0, 0.1) is 11.8 Å². The first kappa shape index (κ1) is 26.2. The molecule has 1 N–H and O–H groups in total. The summed E-state index contributed by atoms with van der Waals surface area (Å²) in [7, 11) is 0. The van der Waals surface area contributed by atoms with Gasteiger partial charge in [0.05, 0.1) is 5.52 Å². The third-order valence-corrected chi connectivity index (χ3v) is 6.57. The Balaban J connectivity index is 1.31. The number of rotatable bonds is 13. The van der Waals surface area contributed by atoms with E-state index in [1.165, 1.54) is 58.8 Å². The van der Waals surface area contributed by atoms with Crippen LogP contribution in [0.2, 0.25) is 5.02 Å². The van der Waals surface area contributed by atoms with Crippen LogP contribution in [0.3, 0.4) is 0 Å². The minimum absolute atomic E-state index is 0.731. The highest BCUT2D eigenvalue weighted by atomic mass is 35.5. The Morgan fingerprint density at radius 1 is 0.939 bits per heavy atom. The van der Waals surface area contributed by atoms with Gasteiger partial charge < -0.3 is 20.0 Å². The fourth-order valence-electron chi connectivity index (χ4n) is 4.85. The number of benzene rings is 1. The van der Waals surface area contributed by atoms with Crippen molar-refractivity contribution >= 4 is 28.2 Å². The summed E-state index contributed by atoms with van der Waals surface area (Å²) in [5.41, 5.74) is 2.09. The average molecular weight is 474 g/mol. The van der Waals surface area contributed by atoms with E-state index < -0.39 is 0 Å². The Hall–Kier alpha value is -1.40. The van der Waals surface area contributed by atoms with Crippen molar-refractivity contribution in [2.24, 2.45) is 11.8 Å². The molecule has 0 amide bonds. The summed E-state index contributed by atoms with van der Waals surface area (Å²) in [5, 5.41) is 5.46. The third-order valence-electron chi connectivity index (χ3n) is 6.33. The maximum atomic E-state index is 6.10. The second-order valence-electron chi connectivity index (χ2n) is 10.4.